The molecule has 0 saturated carbocycles. The van der Waals surface area contributed by atoms with Crippen molar-refractivity contribution < 1.29 is 9.15 Å². The lowest BCUT2D eigenvalue weighted by Crippen LogP contribution is -2.34. The van der Waals surface area contributed by atoms with Gasteiger partial charge in [0, 0.05) is 25.2 Å². The van der Waals surface area contributed by atoms with Gasteiger partial charge in [-0.25, -0.2) is 0 Å². The summed E-state index contributed by atoms with van der Waals surface area (Å²) in [4.78, 5) is 2.35. The zero-order chi connectivity index (χ0) is 14.4. The molecule has 0 spiro atoms. The molecule has 2 rings (SSSR count). The Hall–Kier alpha value is -0.840. The highest BCUT2D eigenvalue weighted by Crippen LogP contribution is 2.16. The monoisotopic (exact) mass is 280 g/mol. The Labute approximate surface area is 122 Å². The topological polar surface area (TPSA) is 37.6 Å². The summed E-state index contributed by atoms with van der Waals surface area (Å²) >= 11 is 0. The average molecular weight is 280 g/mol. The van der Waals surface area contributed by atoms with Crippen LogP contribution in [0.3, 0.4) is 0 Å². The van der Waals surface area contributed by atoms with E-state index < -0.39 is 0 Å². The van der Waals surface area contributed by atoms with Crippen molar-refractivity contribution in [2.45, 2.75) is 45.9 Å². The first-order chi connectivity index (χ1) is 9.63. The number of ether oxygens (including phenoxy) is 1. The number of piperidine rings is 1. The maximum absolute atomic E-state index is 5.93. The van der Waals surface area contributed by atoms with E-state index in [1.165, 1.54) is 5.56 Å². The molecule has 4 heteroatoms. The second kappa shape index (κ2) is 7.81. The zero-order valence-electron chi connectivity index (χ0n) is 13.0. The molecule has 2 heterocycles. The highest BCUT2D eigenvalue weighted by molar-refractivity contribution is 5.12. The summed E-state index contributed by atoms with van der Waals surface area (Å²) in [5, 5.41) is 3.42. The molecule has 0 amide bonds. The van der Waals surface area contributed by atoms with E-state index in [0.717, 1.165) is 44.8 Å². The molecule has 1 aromatic heterocycles. The van der Waals surface area contributed by atoms with Gasteiger partial charge in [-0.05, 0) is 38.4 Å². The smallest absolute Gasteiger partial charge is 0.129 e. The van der Waals surface area contributed by atoms with Crippen LogP contribution in [-0.2, 0) is 17.9 Å². The van der Waals surface area contributed by atoms with Gasteiger partial charge in [-0.3, -0.25) is 0 Å². The lowest BCUT2D eigenvalue weighted by atomic mass is 10.1. The van der Waals surface area contributed by atoms with E-state index in [4.69, 9.17) is 9.15 Å². The van der Waals surface area contributed by atoms with Gasteiger partial charge in [-0.2, -0.15) is 0 Å². The van der Waals surface area contributed by atoms with Gasteiger partial charge in [0.25, 0.3) is 0 Å². The third kappa shape index (κ3) is 5.27. The molecule has 1 N–H and O–H groups in total. The summed E-state index contributed by atoms with van der Waals surface area (Å²) < 4.78 is 11.5. The zero-order valence-corrected chi connectivity index (χ0v) is 13.0. The number of rotatable bonds is 7. The fourth-order valence-corrected chi connectivity index (χ4v) is 2.45. The largest absolute Gasteiger partial charge is 0.467 e. The molecule has 0 aliphatic carbocycles. The van der Waals surface area contributed by atoms with Gasteiger partial charge in [0.1, 0.15) is 12.4 Å². The van der Waals surface area contributed by atoms with Crippen molar-refractivity contribution in [1.82, 2.24) is 10.2 Å². The first-order valence-corrected chi connectivity index (χ1v) is 7.70. The molecule has 0 bridgehead atoms. The normalized spacial score (nSPS) is 18.0. The van der Waals surface area contributed by atoms with Crippen molar-refractivity contribution >= 4 is 0 Å². The van der Waals surface area contributed by atoms with Crippen molar-refractivity contribution in [3.63, 3.8) is 0 Å². The summed E-state index contributed by atoms with van der Waals surface area (Å²) in [6.45, 7) is 9.19. The summed E-state index contributed by atoms with van der Waals surface area (Å²) in [5.41, 5.74) is 1.20. The van der Waals surface area contributed by atoms with Crippen LogP contribution in [0.1, 0.15) is 38.0 Å². The van der Waals surface area contributed by atoms with Crippen molar-refractivity contribution in [3.05, 3.63) is 23.7 Å². The number of likely N-dealkylation sites (tertiary alicyclic amines) is 1. The number of nitrogens with one attached hydrogen (secondary N) is 1. The molecule has 114 valence electrons. The van der Waals surface area contributed by atoms with E-state index in [1.807, 2.05) is 6.26 Å². The summed E-state index contributed by atoms with van der Waals surface area (Å²) in [6, 6.07) is 2.10. The molecule has 4 nitrogen and oxygen atoms in total. The van der Waals surface area contributed by atoms with E-state index in [-0.39, 0.29) is 0 Å². The first-order valence-electron chi connectivity index (χ1n) is 7.70. The Morgan fingerprint density at radius 2 is 2.15 bits per heavy atom. The van der Waals surface area contributed by atoms with Crippen LogP contribution in [0.15, 0.2) is 16.7 Å². The summed E-state index contributed by atoms with van der Waals surface area (Å²) in [7, 11) is 2.17. The lowest BCUT2D eigenvalue weighted by molar-refractivity contribution is -0.00478. The van der Waals surface area contributed by atoms with Crippen LogP contribution in [0.25, 0.3) is 0 Å². The summed E-state index contributed by atoms with van der Waals surface area (Å²) in [5.74, 6) is 1.61. The Morgan fingerprint density at radius 1 is 1.40 bits per heavy atom. The predicted octanol–water partition coefficient (Wildman–Crippen LogP) is 2.64. The van der Waals surface area contributed by atoms with E-state index in [9.17, 15) is 0 Å². The maximum Gasteiger partial charge on any atom is 0.129 e. The van der Waals surface area contributed by atoms with Gasteiger partial charge in [-0.15, -0.1) is 0 Å². The molecule has 1 aliphatic heterocycles. The van der Waals surface area contributed by atoms with E-state index in [1.54, 1.807) is 0 Å². The number of furan rings is 1. The predicted molar refractivity (Wildman–Crippen MR) is 80.6 cm³/mol. The molecule has 0 aromatic carbocycles. The van der Waals surface area contributed by atoms with E-state index >= 15 is 0 Å². The van der Waals surface area contributed by atoms with Crippen LogP contribution in [0.2, 0.25) is 0 Å². The van der Waals surface area contributed by atoms with Crippen LogP contribution >= 0.6 is 0 Å². The lowest BCUT2D eigenvalue weighted by Gasteiger charge is -2.28. The van der Waals surface area contributed by atoms with Gasteiger partial charge < -0.3 is 19.4 Å². The van der Waals surface area contributed by atoms with Gasteiger partial charge in [-0.1, -0.05) is 13.8 Å². The van der Waals surface area contributed by atoms with Crippen LogP contribution in [0.5, 0.6) is 0 Å². The molecule has 0 unspecified atom stereocenters. The fraction of sp³-hybridized carbons (Fsp3) is 0.750. The number of nitrogens with zero attached hydrogens (tertiary/aromatic N) is 1. The Kier molecular flexibility index (Phi) is 6.07. The Balaban J connectivity index is 1.67. The minimum Gasteiger partial charge on any atom is -0.467 e. The molecule has 1 saturated heterocycles. The van der Waals surface area contributed by atoms with Gasteiger partial charge in [0.05, 0.1) is 12.4 Å². The van der Waals surface area contributed by atoms with Crippen LogP contribution in [0, 0.1) is 5.92 Å². The molecular formula is C16H28N2O2. The number of hydrogen-bond donors (Lipinski definition) is 1. The number of hydrogen-bond acceptors (Lipinski definition) is 4. The fourth-order valence-electron chi connectivity index (χ4n) is 2.45. The van der Waals surface area contributed by atoms with E-state index in [2.05, 4.69) is 37.2 Å². The maximum atomic E-state index is 5.93. The van der Waals surface area contributed by atoms with Crippen molar-refractivity contribution in [3.8, 4) is 0 Å². The molecule has 1 aliphatic rings. The second-order valence-electron chi connectivity index (χ2n) is 6.26. The first kappa shape index (κ1) is 15.5. The highest BCUT2D eigenvalue weighted by Gasteiger charge is 2.17. The minimum absolute atomic E-state index is 0.388. The molecular weight excluding hydrogens is 252 g/mol. The highest BCUT2D eigenvalue weighted by atomic mass is 16.5. The van der Waals surface area contributed by atoms with Crippen molar-refractivity contribution in [2.75, 3.05) is 26.7 Å². The van der Waals surface area contributed by atoms with Crippen molar-refractivity contribution in [1.29, 1.82) is 0 Å². The molecule has 0 atom stereocenters. The van der Waals surface area contributed by atoms with Crippen LogP contribution in [0.4, 0.5) is 0 Å². The van der Waals surface area contributed by atoms with Crippen LogP contribution < -0.4 is 5.32 Å². The SMILES string of the molecule is CC(C)CNCc1coc(COC2CCN(C)CC2)c1. The van der Waals surface area contributed by atoms with Gasteiger partial charge >= 0.3 is 0 Å². The third-order valence-electron chi connectivity index (χ3n) is 3.72. The second-order valence-corrected chi connectivity index (χ2v) is 6.26. The average Bonchev–Trinajstić information content (AvgIpc) is 2.86. The Bertz CT molecular complexity index is 382. The van der Waals surface area contributed by atoms with Crippen LogP contribution in [-0.4, -0.2) is 37.7 Å². The molecule has 1 aromatic rings. The molecule has 1 fully saturated rings. The quantitative estimate of drug-likeness (QED) is 0.833. The standard InChI is InChI=1S/C16H28N2O2/c1-13(2)9-17-10-14-8-16(19-11-14)12-20-15-4-6-18(3)7-5-15/h8,11,13,15,17H,4-7,9-10,12H2,1-3H3. The van der Waals surface area contributed by atoms with Crippen molar-refractivity contribution in [2.24, 2.45) is 5.92 Å². The third-order valence-corrected chi connectivity index (χ3v) is 3.72. The Morgan fingerprint density at radius 3 is 2.85 bits per heavy atom. The van der Waals surface area contributed by atoms with E-state index in [0.29, 0.717) is 18.6 Å². The van der Waals surface area contributed by atoms with Gasteiger partial charge in [0.2, 0.25) is 0 Å². The summed E-state index contributed by atoms with van der Waals surface area (Å²) in [6.07, 6.45) is 4.47. The minimum atomic E-state index is 0.388. The molecule has 20 heavy (non-hydrogen) atoms. The molecule has 0 radical (unpaired) electrons. The van der Waals surface area contributed by atoms with Gasteiger partial charge in [0.15, 0.2) is 0 Å².